The molecule has 0 aliphatic carbocycles. The fourth-order valence-electron chi connectivity index (χ4n) is 4.05. The average molecular weight is 463 g/mol. The van der Waals surface area contributed by atoms with Gasteiger partial charge in [0.2, 0.25) is 0 Å². The van der Waals surface area contributed by atoms with Crippen LogP contribution in [0.4, 0.5) is 0 Å². The van der Waals surface area contributed by atoms with Crippen LogP contribution in [0.25, 0.3) is 0 Å². The van der Waals surface area contributed by atoms with Crippen molar-refractivity contribution in [3.05, 3.63) is 85.0 Å². The van der Waals surface area contributed by atoms with E-state index in [4.69, 9.17) is 4.74 Å². The van der Waals surface area contributed by atoms with Gasteiger partial charge >= 0.3 is 0 Å². The van der Waals surface area contributed by atoms with Crippen molar-refractivity contribution in [2.24, 2.45) is 0 Å². The summed E-state index contributed by atoms with van der Waals surface area (Å²) < 4.78 is 6.43. The molecule has 34 heavy (non-hydrogen) atoms. The van der Waals surface area contributed by atoms with Crippen LogP contribution >= 0.6 is 0 Å². The fraction of sp³-hybridized carbons (Fsp3) is 0.515. The summed E-state index contributed by atoms with van der Waals surface area (Å²) in [7, 11) is 0. The van der Waals surface area contributed by atoms with Crippen LogP contribution in [-0.2, 0) is 12.8 Å². The van der Waals surface area contributed by atoms with Gasteiger partial charge in [0, 0.05) is 0 Å². The number of para-hydroxylation sites is 2. The predicted octanol–water partition coefficient (Wildman–Crippen LogP) is 11.0. The maximum absolute atomic E-state index is 6.43. The summed E-state index contributed by atoms with van der Waals surface area (Å²) in [4.78, 5) is 0. The largest absolute Gasteiger partial charge is 0.457 e. The molecule has 0 aliphatic rings. The maximum atomic E-state index is 6.43. The second-order valence-electron chi connectivity index (χ2n) is 9.17. The van der Waals surface area contributed by atoms with Gasteiger partial charge in [0.15, 0.2) is 0 Å². The molecule has 2 aromatic rings. The summed E-state index contributed by atoms with van der Waals surface area (Å²) in [5.41, 5.74) is 2.69. The van der Waals surface area contributed by atoms with E-state index in [1.54, 1.807) is 0 Å². The Bertz CT molecular complexity index is 697. The highest BCUT2D eigenvalue weighted by Gasteiger charge is 2.08. The molecule has 0 saturated heterocycles. The first-order valence-electron chi connectivity index (χ1n) is 13.8. The highest BCUT2D eigenvalue weighted by atomic mass is 16.5. The predicted molar refractivity (Wildman–Crippen MR) is 152 cm³/mol. The molecular weight excluding hydrogens is 412 g/mol. The minimum Gasteiger partial charge on any atom is -0.457 e. The first-order chi connectivity index (χ1) is 16.8. The SMILES string of the molecule is C=CCC=C.CCCCCCCCc1ccccc1Oc1ccccc1CCCCCCCC. The normalized spacial score (nSPS) is 10.3. The molecule has 0 N–H and O–H groups in total. The van der Waals surface area contributed by atoms with Gasteiger partial charge in [0.05, 0.1) is 0 Å². The van der Waals surface area contributed by atoms with Crippen LogP contribution in [0.15, 0.2) is 73.8 Å². The van der Waals surface area contributed by atoms with Crippen LogP contribution in [0.3, 0.4) is 0 Å². The van der Waals surface area contributed by atoms with Gasteiger partial charge in [0.25, 0.3) is 0 Å². The molecule has 0 heterocycles. The Morgan fingerprint density at radius 1 is 0.559 bits per heavy atom. The first-order valence-corrected chi connectivity index (χ1v) is 13.8. The van der Waals surface area contributed by atoms with Crippen LogP contribution in [-0.4, -0.2) is 0 Å². The summed E-state index contributed by atoms with van der Waals surface area (Å²) in [6, 6.07) is 17.2. The smallest absolute Gasteiger partial charge is 0.130 e. The van der Waals surface area contributed by atoms with Crippen molar-refractivity contribution in [1.82, 2.24) is 0 Å². The number of unbranched alkanes of at least 4 members (excludes halogenated alkanes) is 10. The number of rotatable bonds is 18. The van der Waals surface area contributed by atoms with Crippen LogP contribution in [0.5, 0.6) is 11.5 Å². The summed E-state index contributed by atoms with van der Waals surface area (Å²) in [6.07, 6.45) is 22.8. The van der Waals surface area contributed by atoms with Gasteiger partial charge in [-0.15, -0.1) is 13.2 Å². The lowest BCUT2D eigenvalue weighted by atomic mass is 10.0. The van der Waals surface area contributed by atoms with Crippen molar-refractivity contribution in [3.63, 3.8) is 0 Å². The monoisotopic (exact) mass is 462 g/mol. The number of ether oxygens (including phenoxy) is 1. The van der Waals surface area contributed by atoms with E-state index >= 15 is 0 Å². The zero-order chi connectivity index (χ0) is 24.7. The number of aryl methyl sites for hydroxylation is 2. The Balaban J connectivity index is 0.00000104. The van der Waals surface area contributed by atoms with Crippen LogP contribution < -0.4 is 4.74 Å². The Kier molecular flexibility index (Phi) is 18.6. The van der Waals surface area contributed by atoms with Crippen LogP contribution in [0.2, 0.25) is 0 Å². The van der Waals surface area contributed by atoms with Crippen LogP contribution in [0.1, 0.15) is 108 Å². The maximum Gasteiger partial charge on any atom is 0.130 e. The van der Waals surface area contributed by atoms with Gasteiger partial charge in [-0.05, 0) is 55.4 Å². The molecule has 0 amide bonds. The fourth-order valence-corrected chi connectivity index (χ4v) is 4.05. The zero-order valence-electron chi connectivity index (χ0n) is 22.2. The second-order valence-corrected chi connectivity index (χ2v) is 9.17. The summed E-state index contributed by atoms with van der Waals surface area (Å²) in [5.74, 6) is 2.08. The molecule has 0 fully saturated rings. The number of hydrogen-bond donors (Lipinski definition) is 0. The van der Waals surface area contributed by atoms with Gasteiger partial charge in [-0.3, -0.25) is 0 Å². The van der Waals surface area contributed by atoms with Gasteiger partial charge in [-0.25, -0.2) is 0 Å². The van der Waals surface area contributed by atoms with E-state index in [9.17, 15) is 0 Å². The van der Waals surface area contributed by atoms with Gasteiger partial charge in [-0.2, -0.15) is 0 Å². The van der Waals surface area contributed by atoms with Crippen molar-refractivity contribution < 1.29 is 4.74 Å². The van der Waals surface area contributed by atoms with Gasteiger partial charge < -0.3 is 4.74 Å². The van der Waals surface area contributed by atoms with Crippen molar-refractivity contribution in [1.29, 1.82) is 0 Å². The van der Waals surface area contributed by atoms with E-state index in [-0.39, 0.29) is 0 Å². The van der Waals surface area contributed by atoms with Gasteiger partial charge in [-0.1, -0.05) is 127 Å². The molecule has 0 radical (unpaired) electrons. The van der Waals surface area contributed by atoms with Crippen molar-refractivity contribution in [2.45, 2.75) is 110 Å². The zero-order valence-corrected chi connectivity index (χ0v) is 22.2. The summed E-state index contributed by atoms with van der Waals surface area (Å²) in [5, 5.41) is 0. The molecule has 2 rings (SSSR count). The third kappa shape index (κ3) is 14.1. The molecule has 0 spiro atoms. The molecule has 0 aromatic heterocycles. The van der Waals surface area contributed by atoms with Gasteiger partial charge in [0.1, 0.15) is 11.5 Å². The molecule has 0 saturated carbocycles. The Hall–Kier alpha value is -2.28. The molecule has 0 bridgehead atoms. The van der Waals surface area contributed by atoms with E-state index in [1.165, 1.54) is 88.2 Å². The molecule has 2 aromatic carbocycles. The number of hydrogen-bond acceptors (Lipinski definition) is 1. The molecule has 0 unspecified atom stereocenters. The average Bonchev–Trinajstić information content (AvgIpc) is 2.86. The first kappa shape index (κ1) is 29.8. The minimum absolute atomic E-state index is 0.917. The second kappa shape index (κ2) is 21.3. The summed E-state index contributed by atoms with van der Waals surface area (Å²) >= 11 is 0. The lowest BCUT2D eigenvalue weighted by molar-refractivity contribution is 0.466. The lowest BCUT2D eigenvalue weighted by Crippen LogP contribution is -1.96. The Morgan fingerprint density at radius 2 is 0.941 bits per heavy atom. The highest BCUT2D eigenvalue weighted by Crippen LogP contribution is 2.30. The quantitative estimate of drug-likeness (QED) is 0.158. The van der Waals surface area contributed by atoms with E-state index in [0.717, 1.165) is 30.8 Å². The highest BCUT2D eigenvalue weighted by molar-refractivity contribution is 5.41. The molecular formula is C33H50O. The Morgan fingerprint density at radius 3 is 1.32 bits per heavy atom. The van der Waals surface area contributed by atoms with E-state index < -0.39 is 0 Å². The topological polar surface area (TPSA) is 9.23 Å². The van der Waals surface area contributed by atoms with Crippen LogP contribution in [0, 0.1) is 0 Å². The number of allylic oxidation sites excluding steroid dienone is 2. The third-order valence-corrected chi connectivity index (χ3v) is 6.10. The van der Waals surface area contributed by atoms with Crippen molar-refractivity contribution in [2.75, 3.05) is 0 Å². The molecule has 1 heteroatoms. The number of benzene rings is 2. The standard InChI is InChI=1S/C28H42O.C5H8/c1-3-5-7-9-11-13-19-25-21-15-17-23-27(25)29-28-24-18-16-22-26(28)20-14-12-10-8-6-4-2;1-3-5-4-2/h15-18,21-24H,3-14,19-20H2,1-2H3;3-4H,1-2,5H2. The van der Waals surface area contributed by atoms with E-state index in [2.05, 4.69) is 75.5 Å². The molecule has 188 valence electrons. The molecule has 0 aliphatic heterocycles. The molecule has 1 nitrogen and oxygen atoms in total. The van der Waals surface area contributed by atoms with E-state index in [0.29, 0.717) is 0 Å². The minimum atomic E-state index is 0.917. The van der Waals surface area contributed by atoms with Crippen molar-refractivity contribution in [3.8, 4) is 11.5 Å². The Labute approximate surface area is 211 Å². The van der Waals surface area contributed by atoms with E-state index in [1.807, 2.05) is 12.2 Å². The summed E-state index contributed by atoms with van der Waals surface area (Å²) in [6.45, 7) is 11.5. The third-order valence-electron chi connectivity index (χ3n) is 6.10. The molecule has 0 atom stereocenters. The lowest BCUT2D eigenvalue weighted by Gasteiger charge is -2.14. The van der Waals surface area contributed by atoms with Crippen molar-refractivity contribution >= 4 is 0 Å².